The van der Waals surface area contributed by atoms with Gasteiger partial charge in [0, 0.05) is 5.56 Å². The molecule has 7 heteroatoms. The third kappa shape index (κ3) is 2.20. The Hall–Kier alpha value is -1.34. The summed E-state index contributed by atoms with van der Waals surface area (Å²) in [6.07, 6.45) is 0. The van der Waals surface area contributed by atoms with E-state index < -0.39 is 43.6 Å². The molecular weight excluding hydrogens is 257 g/mol. The van der Waals surface area contributed by atoms with Crippen LogP contribution in [-0.4, -0.2) is 13.0 Å². The van der Waals surface area contributed by atoms with Crippen molar-refractivity contribution >= 4 is 15.7 Å². The van der Waals surface area contributed by atoms with Gasteiger partial charge in [0.1, 0.15) is 4.90 Å². The molecule has 0 radical (unpaired) electrons. The molecule has 0 atom stereocenters. The van der Waals surface area contributed by atoms with Crippen LogP contribution in [-0.2, 0) is 10.1 Å². The Morgan fingerprint density at radius 1 is 1.18 bits per heavy atom. The molecule has 0 saturated carbocycles. The maximum atomic E-state index is 13.4. The average Bonchev–Trinajstić information content (AvgIpc) is 2.11. The lowest BCUT2D eigenvalue weighted by molar-refractivity contribution is 0.419. The molecule has 0 aromatic heterocycles. The van der Waals surface area contributed by atoms with Gasteiger partial charge in [-0.3, -0.25) is 4.55 Å². The third-order valence-corrected chi connectivity index (χ3v) is 3.21. The third-order valence-electron chi connectivity index (χ3n) is 2.20. The van der Waals surface area contributed by atoms with Gasteiger partial charge in [0.25, 0.3) is 10.1 Å². The predicted molar refractivity (Wildman–Crippen MR) is 55.6 cm³/mol. The normalized spacial score (nSPS) is 11.6. The van der Waals surface area contributed by atoms with E-state index in [0.29, 0.717) is 0 Å². The van der Waals surface area contributed by atoms with Gasteiger partial charge in [0.2, 0.25) is 0 Å². The SMILES string of the molecule is C=C(C)c1c(C)c(S(=O)(=O)O)c(F)c(F)c1F. The highest BCUT2D eigenvalue weighted by Gasteiger charge is 2.29. The van der Waals surface area contributed by atoms with E-state index in [2.05, 4.69) is 6.58 Å². The van der Waals surface area contributed by atoms with Gasteiger partial charge in [-0.25, -0.2) is 13.2 Å². The Labute approximate surface area is 96.3 Å². The fraction of sp³-hybridized carbons (Fsp3) is 0.200. The molecule has 0 fully saturated rings. The van der Waals surface area contributed by atoms with Gasteiger partial charge in [-0.2, -0.15) is 8.42 Å². The molecule has 3 nitrogen and oxygen atoms in total. The molecule has 0 amide bonds. The van der Waals surface area contributed by atoms with Crippen LogP contribution in [0.3, 0.4) is 0 Å². The van der Waals surface area contributed by atoms with Gasteiger partial charge in [-0.15, -0.1) is 0 Å². The summed E-state index contributed by atoms with van der Waals surface area (Å²) >= 11 is 0. The molecule has 0 saturated heterocycles. The maximum Gasteiger partial charge on any atom is 0.297 e. The van der Waals surface area contributed by atoms with E-state index in [1.165, 1.54) is 6.92 Å². The first-order valence-corrected chi connectivity index (χ1v) is 5.83. The van der Waals surface area contributed by atoms with Crippen LogP contribution in [0.25, 0.3) is 5.57 Å². The molecule has 0 unspecified atom stereocenters. The monoisotopic (exact) mass is 266 g/mol. The quantitative estimate of drug-likeness (QED) is 0.661. The molecule has 0 bridgehead atoms. The topological polar surface area (TPSA) is 54.4 Å². The molecule has 0 spiro atoms. The molecule has 1 rings (SSSR count). The van der Waals surface area contributed by atoms with Crippen LogP contribution < -0.4 is 0 Å². The van der Waals surface area contributed by atoms with Crippen LogP contribution in [0.2, 0.25) is 0 Å². The second kappa shape index (κ2) is 4.15. The highest BCUT2D eigenvalue weighted by molar-refractivity contribution is 7.85. The zero-order valence-corrected chi connectivity index (χ0v) is 9.83. The van der Waals surface area contributed by atoms with E-state index in [9.17, 15) is 21.6 Å². The average molecular weight is 266 g/mol. The molecule has 17 heavy (non-hydrogen) atoms. The van der Waals surface area contributed by atoms with Crippen LogP contribution in [0.4, 0.5) is 13.2 Å². The summed E-state index contributed by atoms with van der Waals surface area (Å²) in [6, 6.07) is 0. The first kappa shape index (κ1) is 13.7. The lowest BCUT2D eigenvalue weighted by Gasteiger charge is -2.12. The van der Waals surface area contributed by atoms with E-state index in [0.717, 1.165) is 6.92 Å². The van der Waals surface area contributed by atoms with Crippen LogP contribution in [0.5, 0.6) is 0 Å². The first-order chi connectivity index (χ1) is 7.59. The van der Waals surface area contributed by atoms with Crippen molar-refractivity contribution in [2.24, 2.45) is 0 Å². The Morgan fingerprint density at radius 3 is 2.00 bits per heavy atom. The van der Waals surface area contributed by atoms with E-state index in [-0.39, 0.29) is 5.57 Å². The lowest BCUT2D eigenvalue weighted by Crippen LogP contribution is -2.11. The largest absolute Gasteiger partial charge is 0.297 e. The second-order valence-electron chi connectivity index (χ2n) is 3.53. The van der Waals surface area contributed by atoms with Gasteiger partial charge in [0.15, 0.2) is 17.5 Å². The molecule has 0 aliphatic carbocycles. The predicted octanol–water partition coefficient (Wildman–Crippen LogP) is 2.69. The maximum absolute atomic E-state index is 13.4. The number of halogens is 3. The second-order valence-corrected chi connectivity index (χ2v) is 4.88. The van der Waals surface area contributed by atoms with Crippen molar-refractivity contribution in [2.45, 2.75) is 18.7 Å². The Morgan fingerprint density at radius 2 is 1.65 bits per heavy atom. The fourth-order valence-electron chi connectivity index (χ4n) is 1.56. The number of allylic oxidation sites excluding steroid dienone is 1. The summed E-state index contributed by atoms with van der Waals surface area (Å²) in [5.74, 6) is -5.42. The Balaban J connectivity index is 3.95. The molecule has 1 aromatic rings. The van der Waals surface area contributed by atoms with Gasteiger partial charge in [0.05, 0.1) is 0 Å². The minimum Gasteiger partial charge on any atom is -0.282 e. The summed E-state index contributed by atoms with van der Waals surface area (Å²) in [7, 11) is -4.98. The van der Waals surface area contributed by atoms with Crippen LogP contribution >= 0.6 is 0 Å². The van der Waals surface area contributed by atoms with Crippen molar-refractivity contribution in [1.29, 1.82) is 0 Å². The minimum atomic E-state index is -4.98. The number of hydrogen-bond donors (Lipinski definition) is 1. The van der Waals surface area contributed by atoms with E-state index in [1.54, 1.807) is 0 Å². The summed E-state index contributed by atoms with van der Waals surface area (Å²) in [5.41, 5.74) is -0.864. The molecule has 1 N–H and O–H groups in total. The fourth-order valence-corrected chi connectivity index (χ4v) is 2.37. The van der Waals surface area contributed by atoms with E-state index >= 15 is 0 Å². The summed E-state index contributed by atoms with van der Waals surface area (Å²) in [6.45, 7) is 5.69. The molecule has 0 aliphatic rings. The van der Waals surface area contributed by atoms with E-state index in [1.807, 2.05) is 0 Å². The minimum absolute atomic E-state index is 0.0174. The van der Waals surface area contributed by atoms with Crippen LogP contribution in [0.15, 0.2) is 11.5 Å². The Bertz CT molecular complexity index is 606. The highest BCUT2D eigenvalue weighted by atomic mass is 32.2. The van der Waals surface area contributed by atoms with Crippen molar-refractivity contribution in [2.75, 3.05) is 0 Å². The molecule has 0 heterocycles. The zero-order chi connectivity index (χ0) is 13.5. The van der Waals surface area contributed by atoms with Gasteiger partial charge in [-0.05, 0) is 25.0 Å². The smallest absolute Gasteiger partial charge is 0.282 e. The number of benzene rings is 1. The zero-order valence-electron chi connectivity index (χ0n) is 9.01. The van der Waals surface area contributed by atoms with Crippen LogP contribution in [0.1, 0.15) is 18.1 Å². The molecule has 94 valence electrons. The highest BCUT2D eigenvalue weighted by Crippen LogP contribution is 2.31. The standard InChI is InChI=1S/C10H9F3O3S/c1-4(2)6-5(3)10(17(14,15)16)9(13)8(12)7(6)11/h1H2,2-3H3,(H,14,15,16). The number of rotatable bonds is 2. The van der Waals surface area contributed by atoms with Gasteiger partial charge in [-0.1, -0.05) is 6.58 Å². The summed E-state index contributed by atoms with van der Waals surface area (Å²) in [4.78, 5) is -1.27. The van der Waals surface area contributed by atoms with Crippen molar-refractivity contribution in [1.82, 2.24) is 0 Å². The van der Waals surface area contributed by atoms with Crippen molar-refractivity contribution < 1.29 is 26.1 Å². The molecule has 0 aliphatic heterocycles. The molecular formula is C10H9F3O3S. The summed E-state index contributed by atoms with van der Waals surface area (Å²) in [5, 5.41) is 0. The van der Waals surface area contributed by atoms with Crippen molar-refractivity contribution in [3.05, 3.63) is 35.2 Å². The van der Waals surface area contributed by atoms with Crippen molar-refractivity contribution in [3.63, 3.8) is 0 Å². The first-order valence-electron chi connectivity index (χ1n) is 4.39. The van der Waals surface area contributed by atoms with Gasteiger partial charge < -0.3 is 0 Å². The molecule has 1 aromatic carbocycles. The van der Waals surface area contributed by atoms with Crippen LogP contribution in [0, 0.1) is 24.4 Å². The van der Waals surface area contributed by atoms with E-state index in [4.69, 9.17) is 4.55 Å². The van der Waals surface area contributed by atoms with Gasteiger partial charge >= 0.3 is 0 Å². The van der Waals surface area contributed by atoms with Crippen molar-refractivity contribution in [3.8, 4) is 0 Å². The number of hydrogen-bond acceptors (Lipinski definition) is 2. The summed E-state index contributed by atoms with van der Waals surface area (Å²) < 4.78 is 70.4. The lowest BCUT2D eigenvalue weighted by atomic mass is 10.0. The Kier molecular flexibility index (Phi) is 3.35.